The highest BCUT2D eigenvalue weighted by molar-refractivity contribution is 6.30. The van der Waals surface area contributed by atoms with Gasteiger partial charge in [-0.3, -0.25) is 0 Å². The Bertz CT molecular complexity index is 251. The molecule has 0 aliphatic rings. The largest absolute Gasteiger partial charge is 0.330 e. The Morgan fingerprint density at radius 1 is 1.25 bits per heavy atom. The Morgan fingerprint density at radius 2 is 1.75 bits per heavy atom. The Labute approximate surface area is 78.5 Å². The maximum absolute atomic E-state index is 5.77. The lowest BCUT2D eigenvalue weighted by molar-refractivity contribution is 0.539. The van der Waals surface area contributed by atoms with Crippen molar-refractivity contribution in [2.45, 2.75) is 19.3 Å². The lowest BCUT2D eigenvalue weighted by Gasteiger charge is -2.22. The van der Waals surface area contributed by atoms with Gasteiger partial charge in [0.15, 0.2) is 0 Å². The first kappa shape index (κ1) is 9.56. The van der Waals surface area contributed by atoms with Gasteiger partial charge in [0.25, 0.3) is 0 Å². The summed E-state index contributed by atoms with van der Waals surface area (Å²) >= 11 is 5.77. The molecule has 1 aromatic rings. The van der Waals surface area contributed by atoms with Crippen LogP contribution in [0.1, 0.15) is 19.4 Å². The fourth-order valence-electron chi connectivity index (χ4n) is 1.02. The van der Waals surface area contributed by atoms with E-state index in [1.807, 2.05) is 24.3 Å². The van der Waals surface area contributed by atoms with Gasteiger partial charge in [0.05, 0.1) is 0 Å². The van der Waals surface area contributed by atoms with Crippen LogP contribution in [0.4, 0.5) is 0 Å². The van der Waals surface area contributed by atoms with Gasteiger partial charge in [0, 0.05) is 17.0 Å². The molecule has 0 atom stereocenters. The Kier molecular flexibility index (Phi) is 2.76. The molecule has 0 aliphatic heterocycles. The van der Waals surface area contributed by atoms with Gasteiger partial charge in [-0.15, -0.1) is 0 Å². The molecular formula is C10H14ClN. The van der Waals surface area contributed by atoms with Crippen LogP contribution in [0.25, 0.3) is 0 Å². The number of hydrogen-bond acceptors (Lipinski definition) is 1. The molecule has 0 bridgehead atoms. The second-order valence-electron chi connectivity index (χ2n) is 3.59. The molecule has 2 N–H and O–H groups in total. The van der Waals surface area contributed by atoms with Gasteiger partial charge in [0.1, 0.15) is 0 Å². The second-order valence-corrected chi connectivity index (χ2v) is 4.03. The predicted octanol–water partition coefficient (Wildman–Crippen LogP) is 2.58. The molecule has 1 nitrogen and oxygen atoms in total. The van der Waals surface area contributed by atoms with Crippen molar-refractivity contribution in [1.29, 1.82) is 0 Å². The van der Waals surface area contributed by atoms with Crippen LogP contribution < -0.4 is 5.73 Å². The molecule has 0 fully saturated rings. The van der Waals surface area contributed by atoms with Crippen LogP contribution in [0.15, 0.2) is 24.3 Å². The number of rotatable bonds is 2. The van der Waals surface area contributed by atoms with E-state index in [4.69, 9.17) is 17.3 Å². The Morgan fingerprint density at radius 3 is 2.17 bits per heavy atom. The average Bonchev–Trinajstić information content (AvgIpc) is 2.05. The third-order valence-electron chi connectivity index (χ3n) is 2.14. The van der Waals surface area contributed by atoms with Crippen molar-refractivity contribution < 1.29 is 0 Å². The van der Waals surface area contributed by atoms with Crippen molar-refractivity contribution in [1.82, 2.24) is 0 Å². The van der Waals surface area contributed by atoms with Crippen molar-refractivity contribution in [3.63, 3.8) is 0 Å². The van der Waals surface area contributed by atoms with E-state index in [9.17, 15) is 0 Å². The molecule has 1 aromatic carbocycles. The smallest absolute Gasteiger partial charge is 0.0406 e. The van der Waals surface area contributed by atoms with Crippen molar-refractivity contribution in [2.24, 2.45) is 5.73 Å². The van der Waals surface area contributed by atoms with E-state index in [1.54, 1.807) is 0 Å². The minimum absolute atomic E-state index is 0.0462. The fourth-order valence-corrected chi connectivity index (χ4v) is 1.14. The first-order valence-corrected chi connectivity index (χ1v) is 4.40. The quantitative estimate of drug-likeness (QED) is 0.750. The molecule has 0 heterocycles. The number of nitrogens with two attached hydrogens (primary N) is 1. The van der Waals surface area contributed by atoms with E-state index in [2.05, 4.69) is 13.8 Å². The van der Waals surface area contributed by atoms with Crippen molar-refractivity contribution in [3.8, 4) is 0 Å². The minimum atomic E-state index is 0.0462. The SMILES string of the molecule is CC(C)(CN)c1ccc(Cl)cc1. The van der Waals surface area contributed by atoms with Gasteiger partial charge in [-0.1, -0.05) is 37.6 Å². The van der Waals surface area contributed by atoms with Gasteiger partial charge in [-0.05, 0) is 17.7 Å². The molecule has 0 aliphatic carbocycles. The van der Waals surface area contributed by atoms with Gasteiger partial charge >= 0.3 is 0 Å². The maximum Gasteiger partial charge on any atom is 0.0406 e. The van der Waals surface area contributed by atoms with Crippen LogP contribution in [0.3, 0.4) is 0 Å². The van der Waals surface area contributed by atoms with E-state index < -0.39 is 0 Å². The second kappa shape index (κ2) is 3.46. The van der Waals surface area contributed by atoms with E-state index >= 15 is 0 Å². The molecule has 0 saturated heterocycles. The molecule has 1 rings (SSSR count). The lowest BCUT2D eigenvalue weighted by Crippen LogP contribution is -2.27. The summed E-state index contributed by atoms with van der Waals surface area (Å²) in [4.78, 5) is 0. The Balaban J connectivity index is 2.96. The molecule has 0 radical (unpaired) electrons. The normalized spacial score (nSPS) is 11.7. The third kappa shape index (κ3) is 1.99. The maximum atomic E-state index is 5.77. The van der Waals surface area contributed by atoms with Gasteiger partial charge in [-0.2, -0.15) is 0 Å². The average molecular weight is 184 g/mol. The highest BCUT2D eigenvalue weighted by Crippen LogP contribution is 2.22. The molecule has 0 unspecified atom stereocenters. The van der Waals surface area contributed by atoms with Crippen LogP contribution >= 0.6 is 11.6 Å². The standard InChI is InChI=1S/C10H14ClN/c1-10(2,7-12)8-3-5-9(11)6-4-8/h3-6H,7,12H2,1-2H3. The zero-order chi connectivity index (χ0) is 9.19. The Hall–Kier alpha value is -0.530. The van der Waals surface area contributed by atoms with E-state index in [-0.39, 0.29) is 5.41 Å². The minimum Gasteiger partial charge on any atom is -0.330 e. The highest BCUT2D eigenvalue weighted by Gasteiger charge is 2.17. The summed E-state index contributed by atoms with van der Waals surface area (Å²) < 4.78 is 0. The van der Waals surface area contributed by atoms with E-state index in [0.29, 0.717) is 6.54 Å². The summed E-state index contributed by atoms with van der Waals surface area (Å²) in [6.07, 6.45) is 0. The topological polar surface area (TPSA) is 26.0 Å². The van der Waals surface area contributed by atoms with Crippen molar-refractivity contribution in [3.05, 3.63) is 34.9 Å². The van der Waals surface area contributed by atoms with E-state index in [0.717, 1.165) is 5.02 Å². The zero-order valence-corrected chi connectivity index (χ0v) is 8.23. The highest BCUT2D eigenvalue weighted by atomic mass is 35.5. The molecular weight excluding hydrogens is 170 g/mol. The fraction of sp³-hybridized carbons (Fsp3) is 0.400. The van der Waals surface area contributed by atoms with Crippen molar-refractivity contribution in [2.75, 3.05) is 6.54 Å². The molecule has 0 amide bonds. The summed E-state index contributed by atoms with van der Waals surface area (Å²) in [6, 6.07) is 7.84. The van der Waals surface area contributed by atoms with Crippen LogP contribution in [-0.2, 0) is 5.41 Å². The zero-order valence-electron chi connectivity index (χ0n) is 7.47. The van der Waals surface area contributed by atoms with Crippen LogP contribution in [-0.4, -0.2) is 6.54 Å². The van der Waals surface area contributed by atoms with Crippen molar-refractivity contribution >= 4 is 11.6 Å². The monoisotopic (exact) mass is 183 g/mol. The summed E-state index contributed by atoms with van der Waals surface area (Å²) in [7, 11) is 0. The van der Waals surface area contributed by atoms with Gasteiger partial charge in [-0.25, -0.2) is 0 Å². The van der Waals surface area contributed by atoms with Crippen LogP contribution in [0.5, 0.6) is 0 Å². The summed E-state index contributed by atoms with van der Waals surface area (Å²) in [5.41, 5.74) is 6.92. The summed E-state index contributed by atoms with van der Waals surface area (Å²) in [6.45, 7) is 4.89. The molecule has 0 saturated carbocycles. The number of benzene rings is 1. The predicted molar refractivity (Wildman–Crippen MR) is 53.5 cm³/mol. The molecule has 0 spiro atoms. The van der Waals surface area contributed by atoms with Gasteiger partial charge in [0.2, 0.25) is 0 Å². The third-order valence-corrected chi connectivity index (χ3v) is 2.39. The summed E-state index contributed by atoms with van der Waals surface area (Å²) in [5, 5.41) is 0.770. The van der Waals surface area contributed by atoms with Crippen LogP contribution in [0.2, 0.25) is 5.02 Å². The molecule has 66 valence electrons. The molecule has 0 aromatic heterocycles. The molecule has 12 heavy (non-hydrogen) atoms. The number of halogens is 1. The number of hydrogen-bond donors (Lipinski definition) is 1. The molecule has 2 heteroatoms. The lowest BCUT2D eigenvalue weighted by atomic mass is 9.85. The first-order valence-electron chi connectivity index (χ1n) is 4.02. The summed E-state index contributed by atoms with van der Waals surface area (Å²) in [5.74, 6) is 0. The van der Waals surface area contributed by atoms with Crippen LogP contribution in [0, 0.1) is 0 Å². The van der Waals surface area contributed by atoms with E-state index in [1.165, 1.54) is 5.56 Å². The van der Waals surface area contributed by atoms with Gasteiger partial charge < -0.3 is 5.73 Å². The first-order chi connectivity index (χ1) is 5.56.